The van der Waals surface area contributed by atoms with Gasteiger partial charge in [0.2, 0.25) is 0 Å². The van der Waals surface area contributed by atoms with Gasteiger partial charge in [-0.2, -0.15) is 0 Å². The molecule has 1 aromatic rings. The van der Waals surface area contributed by atoms with Gasteiger partial charge >= 0.3 is 6.03 Å². The van der Waals surface area contributed by atoms with Gasteiger partial charge in [-0.1, -0.05) is 31.0 Å². The number of aryl methyl sites for hydroxylation is 2. The van der Waals surface area contributed by atoms with Crippen molar-refractivity contribution in [3.63, 3.8) is 0 Å². The van der Waals surface area contributed by atoms with Crippen LogP contribution in [0.3, 0.4) is 0 Å². The number of morpholine rings is 1. The number of hydrogen-bond donors (Lipinski definition) is 2. The number of hydrogen-bond acceptors (Lipinski definition) is 3. The van der Waals surface area contributed by atoms with Gasteiger partial charge in [-0.3, -0.25) is 4.90 Å². The second-order valence-corrected chi connectivity index (χ2v) is 8.38. The molecule has 27 heavy (non-hydrogen) atoms. The van der Waals surface area contributed by atoms with Crippen molar-refractivity contribution >= 4 is 6.03 Å². The standard InChI is InChI=1S/C22H33N3O2/c1-2-23-21(26)24-20-8-3-4-11-22(20)16-25(12-13-27-22)15-17-9-10-18-6-5-7-19(18)14-17/h9-10,14,20H,2-8,11-13,15-16H2,1H3,(H2,23,24,26)/t20-,22+/m0/s1. The molecule has 0 aromatic heterocycles. The number of benzene rings is 1. The summed E-state index contributed by atoms with van der Waals surface area (Å²) in [4.78, 5) is 14.7. The third-order valence-electron chi connectivity index (χ3n) is 6.48. The van der Waals surface area contributed by atoms with Crippen molar-refractivity contribution in [3.05, 3.63) is 34.9 Å². The maximum absolute atomic E-state index is 12.1. The molecule has 4 rings (SSSR count). The number of carbonyl (C=O) groups excluding carboxylic acids is 1. The van der Waals surface area contributed by atoms with Crippen LogP contribution in [-0.4, -0.2) is 48.8 Å². The van der Waals surface area contributed by atoms with E-state index in [4.69, 9.17) is 4.74 Å². The third-order valence-corrected chi connectivity index (χ3v) is 6.48. The van der Waals surface area contributed by atoms with Gasteiger partial charge in [-0.25, -0.2) is 4.79 Å². The SMILES string of the molecule is CCNC(=O)N[C@H]1CCCC[C@@]12CN(Cc1ccc3c(c1)CCC3)CCO2. The molecule has 5 nitrogen and oxygen atoms in total. The first-order valence-corrected chi connectivity index (χ1v) is 10.7. The molecule has 1 aliphatic heterocycles. The van der Waals surface area contributed by atoms with Crippen LogP contribution in [-0.2, 0) is 24.1 Å². The van der Waals surface area contributed by atoms with Gasteiger partial charge in [-0.05, 0) is 55.7 Å². The molecule has 1 saturated heterocycles. The van der Waals surface area contributed by atoms with Crippen LogP contribution in [0.15, 0.2) is 18.2 Å². The lowest BCUT2D eigenvalue weighted by Crippen LogP contribution is -2.64. The highest BCUT2D eigenvalue weighted by Gasteiger charge is 2.45. The minimum Gasteiger partial charge on any atom is -0.370 e. The zero-order chi connectivity index (χ0) is 18.7. The molecule has 2 N–H and O–H groups in total. The van der Waals surface area contributed by atoms with E-state index >= 15 is 0 Å². The molecule has 0 radical (unpaired) electrons. The molecule has 0 unspecified atom stereocenters. The van der Waals surface area contributed by atoms with E-state index in [0.717, 1.165) is 45.5 Å². The van der Waals surface area contributed by atoms with Crippen molar-refractivity contribution in [1.82, 2.24) is 15.5 Å². The highest BCUT2D eigenvalue weighted by molar-refractivity contribution is 5.74. The fraction of sp³-hybridized carbons (Fsp3) is 0.682. The Bertz CT molecular complexity index is 674. The first-order valence-electron chi connectivity index (χ1n) is 10.7. The summed E-state index contributed by atoms with van der Waals surface area (Å²) in [6, 6.07) is 7.07. The zero-order valence-electron chi connectivity index (χ0n) is 16.6. The normalized spacial score (nSPS) is 28.1. The predicted octanol–water partition coefficient (Wildman–Crippen LogP) is 3.01. The van der Waals surface area contributed by atoms with E-state index in [1.165, 1.54) is 36.8 Å². The van der Waals surface area contributed by atoms with Gasteiger partial charge in [0.25, 0.3) is 0 Å². The van der Waals surface area contributed by atoms with E-state index < -0.39 is 0 Å². The maximum atomic E-state index is 12.1. The molecule has 0 bridgehead atoms. The topological polar surface area (TPSA) is 53.6 Å². The molecule has 2 aliphatic carbocycles. The summed E-state index contributed by atoms with van der Waals surface area (Å²) >= 11 is 0. The van der Waals surface area contributed by atoms with Crippen molar-refractivity contribution in [3.8, 4) is 0 Å². The number of rotatable bonds is 4. The fourth-order valence-electron chi connectivity index (χ4n) is 5.14. The Hall–Kier alpha value is -1.59. The number of urea groups is 1. The molecule has 1 saturated carbocycles. The Balaban J connectivity index is 1.44. The largest absolute Gasteiger partial charge is 0.370 e. The Kier molecular flexibility index (Phi) is 5.69. The quantitative estimate of drug-likeness (QED) is 0.855. The molecule has 1 heterocycles. The fourth-order valence-corrected chi connectivity index (χ4v) is 5.14. The summed E-state index contributed by atoms with van der Waals surface area (Å²) < 4.78 is 6.36. The van der Waals surface area contributed by atoms with Crippen LogP contribution >= 0.6 is 0 Å². The smallest absolute Gasteiger partial charge is 0.315 e. The number of amides is 2. The van der Waals surface area contributed by atoms with Gasteiger partial charge < -0.3 is 15.4 Å². The van der Waals surface area contributed by atoms with Gasteiger partial charge in [0.15, 0.2) is 0 Å². The van der Waals surface area contributed by atoms with E-state index in [2.05, 4.69) is 33.7 Å². The molecule has 2 amide bonds. The highest BCUT2D eigenvalue weighted by Crippen LogP contribution is 2.35. The van der Waals surface area contributed by atoms with Gasteiger partial charge in [-0.15, -0.1) is 0 Å². The molecular formula is C22H33N3O2. The molecular weight excluding hydrogens is 338 g/mol. The summed E-state index contributed by atoms with van der Waals surface area (Å²) in [6.07, 6.45) is 8.15. The molecule has 1 aromatic carbocycles. The second kappa shape index (κ2) is 8.19. The number of nitrogens with zero attached hydrogens (tertiary/aromatic N) is 1. The van der Waals surface area contributed by atoms with Crippen LogP contribution in [0, 0.1) is 0 Å². The van der Waals surface area contributed by atoms with E-state index in [0.29, 0.717) is 6.54 Å². The average Bonchev–Trinajstić information content (AvgIpc) is 3.12. The predicted molar refractivity (Wildman–Crippen MR) is 107 cm³/mol. The van der Waals surface area contributed by atoms with Crippen LogP contribution in [0.2, 0.25) is 0 Å². The molecule has 148 valence electrons. The van der Waals surface area contributed by atoms with Gasteiger partial charge in [0.05, 0.1) is 12.6 Å². The number of ether oxygens (including phenoxy) is 1. The summed E-state index contributed by atoms with van der Waals surface area (Å²) in [5, 5.41) is 6.07. The van der Waals surface area contributed by atoms with Crippen molar-refractivity contribution in [2.24, 2.45) is 0 Å². The minimum absolute atomic E-state index is 0.0666. The Morgan fingerprint density at radius 3 is 3.04 bits per heavy atom. The summed E-state index contributed by atoms with van der Waals surface area (Å²) in [6.45, 7) is 6.20. The van der Waals surface area contributed by atoms with E-state index in [9.17, 15) is 4.79 Å². The second-order valence-electron chi connectivity index (χ2n) is 8.38. The molecule has 2 atom stereocenters. The van der Waals surface area contributed by atoms with Crippen LogP contribution in [0.1, 0.15) is 55.7 Å². The maximum Gasteiger partial charge on any atom is 0.315 e. The monoisotopic (exact) mass is 371 g/mol. The van der Waals surface area contributed by atoms with E-state index in [-0.39, 0.29) is 17.7 Å². The van der Waals surface area contributed by atoms with Gasteiger partial charge in [0.1, 0.15) is 5.60 Å². The van der Waals surface area contributed by atoms with Crippen molar-refractivity contribution in [2.75, 3.05) is 26.2 Å². The zero-order valence-corrected chi connectivity index (χ0v) is 16.6. The van der Waals surface area contributed by atoms with Crippen molar-refractivity contribution in [2.45, 2.75) is 70.1 Å². The summed E-state index contributed by atoms with van der Waals surface area (Å²) in [5.74, 6) is 0. The lowest BCUT2D eigenvalue weighted by atomic mass is 9.79. The lowest BCUT2D eigenvalue weighted by Gasteiger charge is -2.49. The minimum atomic E-state index is -0.238. The van der Waals surface area contributed by atoms with Gasteiger partial charge in [0, 0.05) is 26.2 Å². The Morgan fingerprint density at radius 2 is 2.15 bits per heavy atom. The summed E-state index contributed by atoms with van der Waals surface area (Å²) in [5.41, 5.74) is 4.26. The molecule has 2 fully saturated rings. The van der Waals surface area contributed by atoms with E-state index in [1.54, 1.807) is 5.56 Å². The molecule has 1 spiro atoms. The Labute approximate surface area is 162 Å². The van der Waals surface area contributed by atoms with Crippen LogP contribution in [0.4, 0.5) is 4.79 Å². The third kappa shape index (κ3) is 4.14. The molecule has 3 aliphatic rings. The molecule has 5 heteroatoms. The average molecular weight is 372 g/mol. The summed E-state index contributed by atoms with van der Waals surface area (Å²) in [7, 11) is 0. The van der Waals surface area contributed by atoms with Crippen LogP contribution in [0.5, 0.6) is 0 Å². The van der Waals surface area contributed by atoms with E-state index in [1.807, 2.05) is 6.92 Å². The number of carbonyl (C=O) groups is 1. The lowest BCUT2D eigenvalue weighted by molar-refractivity contribution is -0.142. The van der Waals surface area contributed by atoms with Crippen molar-refractivity contribution in [1.29, 1.82) is 0 Å². The number of nitrogens with one attached hydrogen (secondary N) is 2. The number of fused-ring (bicyclic) bond motifs is 1. The first kappa shape index (κ1) is 18.8. The van der Waals surface area contributed by atoms with Crippen molar-refractivity contribution < 1.29 is 9.53 Å². The highest BCUT2D eigenvalue weighted by atomic mass is 16.5. The first-order chi connectivity index (χ1) is 13.2. The van der Waals surface area contributed by atoms with Crippen LogP contribution < -0.4 is 10.6 Å². The van der Waals surface area contributed by atoms with Crippen LogP contribution in [0.25, 0.3) is 0 Å². The Morgan fingerprint density at radius 1 is 1.26 bits per heavy atom.